The standard InChI is InChI=1S/C14H23NO4/c1-4-6-7-8-11-9-10-12(13(16)18-3)15(11)14(17)19-5-2/h4,11-12H,1,5-10H2,2-3H3/t11-,12-/m0/s1. The summed E-state index contributed by atoms with van der Waals surface area (Å²) in [5.74, 6) is -0.362. The number of methoxy groups -OCH3 is 1. The lowest BCUT2D eigenvalue weighted by atomic mass is 10.1. The van der Waals surface area contributed by atoms with Crippen LogP contribution >= 0.6 is 0 Å². The fourth-order valence-electron chi connectivity index (χ4n) is 2.51. The van der Waals surface area contributed by atoms with Gasteiger partial charge in [0.05, 0.1) is 13.7 Å². The number of carbonyl (C=O) groups is 2. The minimum atomic E-state index is -0.502. The molecule has 0 bridgehead atoms. The lowest BCUT2D eigenvalue weighted by molar-refractivity contribution is -0.145. The predicted molar refractivity (Wildman–Crippen MR) is 71.7 cm³/mol. The summed E-state index contributed by atoms with van der Waals surface area (Å²) < 4.78 is 9.81. The Morgan fingerprint density at radius 1 is 1.42 bits per heavy atom. The molecule has 0 aromatic heterocycles. The molecular weight excluding hydrogens is 246 g/mol. The first kappa shape index (κ1) is 15.5. The van der Waals surface area contributed by atoms with Crippen LogP contribution in [0.3, 0.4) is 0 Å². The Morgan fingerprint density at radius 3 is 2.74 bits per heavy atom. The number of ether oxygens (including phenoxy) is 2. The zero-order valence-electron chi connectivity index (χ0n) is 11.8. The van der Waals surface area contributed by atoms with E-state index in [0.717, 1.165) is 25.7 Å². The van der Waals surface area contributed by atoms with E-state index in [2.05, 4.69) is 6.58 Å². The minimum absolute atomic E-state index is 0.0584. The van der Waals surface area contributed by atoms with Gasteiger partial charge in [-0.3, -0.25) is 4.90 Å². The van der Waals surface area contributed by atoms with Gasteiger partial charge in [-0.2, -0.15) is 0 Å². The Balaban J connectivity index is 2.72. The van der Waals surface area contributed by atoms with Crippen LogP contribution in [0.4, 0.5) is 4.79 Å². The molecule has 0 saturated carbocycles. The van der Waals surface area contributed by atoms with Gasteiger partial charge >= 0.3 is 12.1 Å². The van der Waals surface area contributed by atoms with Crippen LogP contribution in [0.15, 0.2) is 12.7 Å². The number of unbranched alkanes of at least 4 members (excludes halogenated alkanes) is 1. The number of hydrogen-bond acceptors (Lipinski definition) is 4. The van der Waals surface area contributed by atoms with Gasteiger partial charge in [-0.05, 0) is 39.0 Å². The Bertz CT molecular complexity index is 329. The average molecular weight is 269 g/mol. The van der Waals surface area contributed by atoms with Gasteiger partial charge in [0.1, 0.15) is 6.04 Å². The number of amides is 1. The highest BCUT2D eigenvalue weighted by atomic mass is 16.6. The van der Waals surface area contributed by atoms with Gasteiger partial charge in [-0.1, -0.05) is 6.08 Å². The third-order valence-electron chi connectivity index (χ3n) is 3.40. The summed E-state index contributed by atoms with van der Waals surface area (Å²) in [5.41, 5.74) is 0. The van der Waals surface area contributed by atoms with E-state index >= 15 is 0 Å². The monoisotopic (exact) mass is 269 g/mol. The van der Waals surface area contributed by atoms with Gasteiger partial charge in [0.2, 0.25) is 0 Å². The number of esters is 1. The van der Waals surface area contributed by atoms with Crippen molar-refractivity contribution in [1.82, 2.24) is 4.90 Å². The van der Waals surface area contributed by atoms with E-state index in [1.165, 1.54) is 7.11 Å². The molecule has 0 N–H and O–H groups in total. The topological polar surface area (TPSA) is 55.8 Å². The minimum Gasteiger partial charge on any atom is -0.467 e. The molecule has 2 atom stereocenters. The zero-order chi connectivity index (χ0) is 14.3. The molecule has 19 heavy (non-hydrogen) atoms. The highest BCUT2D eigenvalue weighted by Gasteiger charge is 2.41. The van der Waals surface area contributed by atoms with Crippen molar-refractivity contribution >= 4 is 12.1 Å². The zero-order valence-corrected chi connectivity index (χ0v) is 11.8. The smallest absolute Gasteiger partial charge is 0.410 e. The highest BCUT2D eigenvalue weighted by Crippen LogP contribution is 2.29. The predicted octanol–water partition coefficient (Wildman–Crippen LogP) is 2.51. The molecule has 1 fully saturated rings. The summed E-state index contributed by atoms with van der Waals surface area (Å²) >= 11 is 0. The molecule has 0 spiro atoms. The lowest BCUT2D eigenvalue weighted by Gasteiger charge is -2.28. The lowest BCUT2D eigenvalue weighted by Crippen LogP contribution is -2.45. The van der Waals surface area contributed by atoms with Gasteiger partial charge < -0.3 is 9.47 Å². The number of carbonyl (C=O) groups excluding carboxylic acids is 2. The molecule has 0 aromatic rings. The number of nitrogens with zero attached hydrogens (tertiary/aromatic N) is 1. The van der Waals surface area contributed by atoms with Crippen LogP contribution < -0.4 is 0 Å². The summed E-state index contributed by atoms with van der Waals surface area (Å²) in [7, 11) is 1.34. The van der Waals surface area contributed by atoms with Crippen molar-refractivity contribution in [2.24, 2.45) is 0 Å². The number of hydrogen-bond donors (Lipinski definition) is 0. The first-order valence-electron chi connectivity index (χ1n) is 6.79. The van der Waals surface area contributed by atoms with Crippen LogP contribution in [0.25, 0.3) is 0 Å². The first-order chi connectivity index (χ1) is 9.15. The summed E-state index contributed by atoms with van der Waals surface area (Å²) in [6.45, 7) is 5.75. The number of allylic oxidation sites excluding steroid dienone is 1. The molecule has 1 aliphatic heterocycles. The Morgan fingerprint density at radius 2 is 2.16 bits per heavy atom. The fourth-order valence-corrected chi connectivity index (χ4v) is 2.51. The molecule has 1 amide bonds. The summed E-state index contributed by atoms with van der Waals surface area (Å²) in [6.07, 6.45) is 5.63. The van der Waals surface area contributed by atoms with Gasteiger partial charge in [-0.15, -0.1) is 6.58 Å². The van der Waals surface area contributed by atoms with Crippen molar-refractivity contribution in [1.29, 1.82) is 0 Å². The highest BCUT2D eigenvalue weighted by molar-refractivity contribution is 5.82. The van der Waals surface area contributed by atoms with Crippen molar-refractivity contribution in [3.63, 3.8) is 0 Å². The maximum absolute atomic E-state index is 12.0. The largest absolute Gasteiger partial charge is 0.467 e. The second-order valence-electron chi connectivity index (χ2n) is 4.60. The quantitative estimate of drug-likeness (QED) is 0.422. The van der Waals surface area contributed by atoms with Crippen molar-refractivity contribution < 1.29 is 19.1 Å². The molecule has 1 rings (SSSR count). The van der Waals surface area contributed by atoms with E-state index in [1.54, 1.807) is 11.8 Å². The summed E-state index contributed by atoms with van der Waals surface area (Å²) in [5, 5.41) is 0. The molecule has 0 radical (unpaired) electrons. The molecule has 5 nitrogen and oxygen atoms in total. The first-order valence-corrected chi connectivity index (χ1v) is 6.79. The van der Waals surface area contributed by atoms with E-state index in [-0.39, 0.29) is 12.0 Å². The molecule has 1 heterocycles. The third kappa shape index (κ3) is 3.98. The normalized spacial score (nSPS) is 22.1. The van der Waals surface area contributed by atoms with E-state index < -0.39 is 12.1 Å². The van der Waals surface area contributed by atoms with E-state index in [0.29, 0.717) is 13.0 Å². The van der Waals surface area contributed by atoms with E-state index in [4.69, 9.17) is 9.47 Å². The SMILES string of the molecule is C=CCCC[C@H]1CC[C@@H](C(=O)OC)N1C(=O)OCC. The Labute approximate surface area is 114 Å². The van der Waals surface area contributed by atoms with Gasteiger partial charge in [0, 0.05) is 6.04 Å². The molecule has 1 saturated heterocycles. The van der Waals surface area contributed by atoms with Crippen LogP contribution in [-0.4, -0.2) is 42.8 Å². The van der Waals surface area contributed by atoms with Crippen LogP contribution in [0.2, 0.25) is 0 Å². The second-order valence-corrected chi connectivity index (χ2v) is 4.60. The molecule has 1 aliphatic rings. The fraction of sp³-hybridized carbons (Fsp3) is 0.714. The van der Waals surface area contributed by atoms with Crippen molar-refractivity contribution in [3.05, 3.63) is 12.7 Å². The van der Waals surface area contributed by atoms with E-state index in [9.17, 15) is 9.59 Å². The molecular formula is C14H23NO4. The van der Waals surface area contributed by atoms with Crippen molar-refractivity contribution in [3.8, 4) is 0 Å². The maximum atomic E-state index is 12.0. The summed E-state index contributed by atoms with van der Waals surface area (Å²) in [6, 6.07) is -0.444. The van der Waals surface area contributed by atoms with Gasteiger partial charge in [-0.25, -0.2) is 9.59 Å². The van der Waals surface area contributed by atoms with Crippen LogP contribution in [0.5, 0.6) is 0 Å². The molecule has 108 valence electrons. The molecule has 5 heteroatoms. The maximum Gasteiger partial charge on any atom is 0.410 e. The Hall–Kier alpha value is -1.52. The Kier molecular flexibility index (Phi) is 6.39. The third-order valence-corrected chi connectivity index (χ3v) is 3.40. The number of likely N-dealkylation sites (tertiary alicyclic amines) is 1. The number of rotatable bonds is 6. The van der Waals surface area contributed by atoms with Gasteiger partial charge in [0.15, 0.2) is 0 Å². The van der Waals surface area contributed by atoms with E-state index in [1.807, 2.05) is 6.08 Å². The summed E-state index contributed by atoms with van der Waals surface area (Å²) in [4.78, 5) is 25.3. The second kappa shape index (κ2) is 7.81. The van der Waals surface area contributed by atoms with Crippen molar-refractivity contribution in [2.75, 3.05) is 13.7 Å². The van der Waals surface area contributed by atoms with Crippen LogP contribution in [0, 0.1) is 0 Å². The average Bonchev–Trinajstić information content (AvgIpc) is 2.82. The van der Waals surface area contributed by atoms with Crippen molar-refractivity contribution in [2.45, 2.75) is 51.1 Å². The van der Waals surface area contributed by atoms with Crippen LogP contribution in [-0.2, 0) is 14.3 Å². The molecule has 0 aromatic carbocycles. The van der Waals surface area contributed by atoms with Gasteiger partial charge in [0.25, 0.3) is 0 Å². The van der Waals surface area contributed by atoms with Crippen LogP contribution in [0.1, 0.15) is 39.0 Å². The molecule has 0 unspecified atom stereocenters. The molecule has 0 aliphatic carbocycles.